The van der Waals surface area contributed by atoms with Crippen LogP contribution in [0.3, 0.4) is 0 Å². The van der Waals surface area contributed by atoms with Gasteiger partial charge >= 0.3 is 5.69 Å². The fourth-order valence-electron chi connectivity index (χ4n) is 5.68. The first-order valence-electron chi connectivity index (χ1n) is 13.4. The van der Waals surface area contributed by atoms with Gasteiger partial charge in [-0.15, -0.1) is 11.3 Å². The Labute approximate surface area is 227 Å². The van der Waals surface area contributed by atoms with Crippen molar-refractivity contribution in [3.63, 3.8) is 0 Å². The second-order valence-corrected chi connectivity index (χ2v) is 11.8. The molecule has 1 unspecified atom stereocenters. The number of imidazole rings is 1. The van der Waals surface area contributed by atoms with Gasteiger partial charge in [-0.05, 0) is 45.4 Å². The minimum atomic E-state index is -0.307. The molecule has 0 saturated carbocycles. The minimum absolute atomic E-state index is 0.123. The summed E-state index contributed by atoms with van der Waals surface area (Å²) in [6, 6.07) is 9.46. The van der Waals surface area contributed by atoms with Crippen molar-refractivity contribution in [2.45, 2.75) is 78.6 Å². The maximum absolute atomic E-state index is 12.9. The molecular weight excluding hydrogens is 496 g/mol. The average Bonchev–Trinajstić information content (AvgIpc) is 3.48. The molecule has 1 fully saturated rings. The number of aryl methyl sites for hydroxylation is 2. The number of anilines is 1. The van der Waals surface area contributed by atoms with Crippen LogP contribution in [0.2, 0.25) is 0 Å². The molecule has 1 saturated heterocycles. The summed E-state index contributed by atoms with van der Waals surface area (Å²) in [6.45, 7) is 15.2. The van der Waals surface area contributed by atoms with Crippen LogP contribution in [0.5, 0.6) is 0 Å². The van der Waals surface area contributed by atoms with Gasteiger partial charge in [0, 0.05) is 50.7 Å². The van der Waals surface area contributed by atoms with Crippen molar-refractivity contribution in [3.8, 4) is 6.07 Å². The quantitative estimate of drug-likeness (QED) is 0.358. The lowest BCUT2D eigenvalue weighted by atomic mass is 10.0. The Morgan fingerprint density at radius 3 is 2.58 bits per heavy atom. The van der Waals surface area contributed by atoms with E-state index in [0.29, 0.717) is 29.6 Å². The Hall–Kier alpha value is -3.29. The zero-order valence-corrected chi connectivity index (χ0v) is 24.1. The largest absolute Gasteiger partial charge is 0.350 e. The van der Waals surface area contributed by atoms with Gasteiger partial charge in [-0.25, -0.2) is 14.8 Å². The van der Waals surface area contributed by atoms with Crippen LogP contribution in [0.25, 0.3) is 21.4 Å². The third-order valence-corrected chi connectivity index (χ3v) is 9.14. The van der Waals surface area contributed by atoms with Crippen LogP contribution in [0.4, 0.5) is 5.82 Å². The summed E-state index contributed by atoms with van der Waals surface area (Å²) >= 11 is 1.78. The average molecular weight is 533 g/mol. The number of fused-ring (bicyclic) bond motifs is 2. The van der Waals surface area contributed by atoms with E-state index in [1.807, 2.05) is 11.5 Å². The maximum Gasteiger partial charge on any atom is 0.350 e. The van der Waals surface area contributed by atoms with Gasteiger partial charge in [0.05, 0.1) is 27.7 Å². The number of hydrogen-bond donors (Lipinski definition) is 0. The highest BCUT2D eigenvalue weighted by Gasteiger charge is 2.35. The minimum Gasteiger partial charge on any atom is -0.349 e. The summed E-state index contributed by atoms with van der Waals surface area (Å²) in [6.07, 6.45) is 0.190. The lowest BCUT2D eigenvalue weighted by molar-refractivity contribution is 0.119. The molecule has 0 spiro atoms. The normalized spacial score (nSPS) is 19.5. The fourth-order valence-corrected chi connectivity index (χ4v) is 6.63. The molecule has 4 heterocycles. The molecule has 200 valence electrons. The predicted molar refractivity (Wildman–Crippen MR) is 153 cm³/mol. The topological polar surface area (TPSA) is 95.9 Å². The van der Waals surface area contributed by atoms with Crippen molar-refractivity contribution in [1.29, 1.82) is 5.26 Å². The van der Waals surface area contributed by atoms with E-state index in [4.69, 9.17) is 9.97 Å². The number of hydrogen-bond acceptors (Lipinski definition) is 8. The molecule has 38 heavy (non-hydrogen) atoms. The molecule has 0 radical (unpaired) electrons. The number of rotatable bonds is 6. The summed E-state index contributed by atoms with van der Waals surface area (Å²) in [7, 11) is 1.72. The molecular formula is C28H36N8OS. The number of benzene rings is 1. The van der Waals surface area contributed by atoms with Crippen LogP contribution in [0, 0.1) is 11.3 Å². The molecule has 4 aromatic rings. The van der Waals surface area contributed by atoms with Gasteiger partial charge in [0.15, 0.2) is 5.82 Å². The number of nitriles is 1. The molecule has 0 amide bonds. The van der Waals surface area contributed by atoms with E-state index in [9.17, 15) is 10.1 Å². The Morgan fingerprint density at radius 1 is 1.13 bits per heavy atom. The first-order chi connectivity index (χ1) is 18.1. The van der Waals surface area contributed by atoms with Crippen LogP contribution < -0.4 is 10.6 Å². The Balaban J connectivity index is 1.46. The molecule has 0 bridgehead atoms. The molecule has 3 atom stereocenters. The summed E-state index contributed by atoms with van der Waals surface area (Å²) in [5, 5.41) is 10.5. The van der Waals surface area contributed by atoms with Gasteiger partial charge in [-0.2, -0.15) is 10.2 Å². The van der Waals surface area contributed by atoms with E-state index in [1.165, 1.54) is 15.3 Å². The summed E-state index contributed by atoms with van der Waals surface area (Å²) in [5.74, 6) is 1.71. The number of thiazole rings is 1. The third kappa shape index (κ3) is 4.37. The van der Waals surface area contributed by atoms with E-state index >= 15 is 0 Å². The highest BCUT2D eigenvalue weighted by atomic mass is 32.1. The first kappa shape index (κ1) is 26.3. The van der Waals surface area contributed by atoms with E-state index < -0.39 is 0 Å². The van der Waals surface area contributed by atoms with Crippen LogP contribution >= 0.6 is 11.3 Å². The predicted octanol–water partition coefficient (Wildman–Crippen LogP) is 4.61. The molecule has 1 aliphatic rings. The van der Waals surface area contributed by atoms with E-state index in [0.717, 1.165) is 24.3 Å². The lowest BCUT2D eigenvalue weighted by Crippen LogP contribution is -2.57. The van der Waals surface area contributed by atoms with Crippen LogP contribution in [0.1, 0.15) is 69.9 Å². The van der Waals surface area contributed by atoms with Gasteiger partial charge in [0.25, 0.3) is 0 Å². The van der Waals surface area contributed by atoms with Crippen molar-refractivity contribution >= 4 is 38.5 Å². The van der Waals surface area contributed by atoms with Crippen LogP contribution in [0.15, 0.2) is 23.0 Å². The molecule has 3 aromatic heterocycles. The SMILES string of the molecule is CCn1c(CC#N)nc2c(N3C[C@@H](C)N(C(C)c4ccc5sc(C(C)C)nc5c4)C[C@@H]3C)nc(=O)n(C)c21. The standard InChI is InChI=1S/C28H36N8OS/c1-8-34-23(11-12-29)31-24-25(32-28(37)33(7)27(24)34)36-15-17(4)35(14-18(36)5)19(6)20-9-10-22-21(13-20)30-26(38-22)16(2)3/h9-10,13,16-19H,8,11,14-15H2,1-7H3/t17-,18+,19?/m1/s1. The van der Waals surface area contributed by atoms with Crippen molar-refractivity contribution in [2.75, 3.05) is 18.0 Å². The van der Waals surface area contributed by atoms with Gasteiger partial charge in [0.1, 0.15) is 17.0 Å². The first-order valence-corrected chi connectivity index (χ1v) is 14.2. The monoisotopic (exact) mass is 532 g/mol. The van der Waals surface area contributed by atoms with Crippen LogP contribution in [-0.4, -0.2) is 54.2 Å². The molecule has 0 aliphatic carbocycles. The number of nitrogens with zero attached hydrogens (tertiary/aromatic N) is 8. The van der Waals surface area contributed by atoms with E-state index in [2.05, 4.69) is 73.7 Å². The maximum atomic E-state index is 12.9. The highest BCUT2D eigenvalue weighted by molar-refractivity contribution is 7.18. The van der Waals surface area contributed by atoms with Crippen molar-refractivity contribution in [3.05, 3.63) is 45.1 Å². The van der Waals surface area contributed by atoms with Gasteiger partial charge < -0.3 is 9.47 Å². The Bertz CT molecular complexity index is 1590. The molecule has 9 nitrogen and oxygen atoms in total. The van der Waals surface area contributed by atoms with Crippen LogP contribution in [-0.2, 0) is 20.0 Å². The fraction of sp³-hybridized carbons (Fsp3) is 0.536. The van der Waals surface area contributed by atoms with E-state index in [-0.39, 0.29) is 30.2 Å². The van der Waals surface area contributed by atoms with Crippen molar-refractivity contribution in [2.24, 2.45) is 7.05 Å². The summed E-state index contributed by atoms with van der Waals surface area (Å²) < 4.78 is 4.73. The lowest BCUT2D eigenvalue weighted by Gasteiger charge is -2.47. The zero-order chi connectivity index (χ0) is 27.3. The van der Waals surface area contributed by atoms with Gasteiger partial charge in [-0.1, -0.05) is 19.9 Å². The molecule has 1 aliphatic heterocycles. The van der Waals surface area contributed by atoms with E-state index in [1.54, 1.807) is 23.0 Å². The Kier molecular flexibility index (Phi) is 7.01. The van der Waals surface area contributed by atoms with Gasteiger partial charge in [-0.3, -0.25) is 9.47 Å². The Morgan fingerprint density at radius 2 is 1.89 bits per heavy atom. The van der Waals surface area contributed by atoms with Crippen molar-refractivity contribution in [1.82, 2.24) is 29.0 Å². The molecule has 10 heteroatoms. The smallest absolute Gasteiger partial charge is 0.349 e. The second-order valence-electron chi connectivity index (χ2n) is 10.7. The zero-order valence-electron chi connectivity index (χ0n) is 23.3. The second kappa shape index (κ2) is 10.1. The van der Waals surface area contributed by atoms with Crippen molar-refractivity contribution < 1.29 is 0 Å². The molecule has 1 aromatic carbocycles. The highest BCUT2D eigenvalue weighted by Crippen LogP contribution is 2.34. The summed E-state index contributed by atoms with van der Waals surface area (Å²) in [5.41, 5.74) is 3.45. The molecule has 0 N–H and O–H groups in total. The third-order valence-electron chi connectivity index (χ3n) is 7.80. The number of aromatic nitrogens is 5. The molecule has 5 rings (SSSR count). The number of piperazine rings is 1. The van der Waals surface area contributed by atoms with Gasteiger partial charge in [0.2, 0.25) is 0 Å². The summed E-state index contributed by atoms with van der Waals surface area (Å²) in [4.78, 5) is 31.9.